The smallest absolute Gasteiger partial charge is 0.411 e. The Bertz CT molecular complexity index is 677. The van der Waals surface area contributed by atoms with Gasteiger partial charge >= 0.3 is 18.0 Å². The number of hydrogen-bond acceptors (Lipinski definition) is 6. The van der Waals surface area contributed by atoms with E-state index in [1.54, 1.807) is 62.3 Å². The van der Waals surface area contributed by atoms with E-state index in [1.807, 2.05) is 6.92 Å². The van der Waals surface area contributed by atoms with Crippen molar-refractivity contribution in [2.75, 3.05) is 6.54 Å². The first-order chi connectivity index (χ1) is 13.3. The molecule has 0 aromatic carbocycles. The highest BCUT2D eigenvalue weighted by Crippen LogP contribution is 2.39. The summed E-state index contributed by atoms with van der Waals surface area (Å²) < 4.78 is 16.6. The molecule has 1 aliphatic heterocycles. The van der Waals surface area contributed by atoms with Gasteiger partial charge in [0.05, 0.1) is 6.42 Å². The molecule has 1 amide bonds. The average Bonchev–Trinajstić information content (AvgIpc) is 2.80. The van der Waals surface area contributed by atoms with Gasteiger partial charge in [0.15, 0.2) is 0 Å². The van der Waals surface area contributed by atoms with Gasteiger partial charge in [0.25, 0.3) is 0 Å². The Morgan fingerprint density at radius 2 is 1.33 bits per heavy atom. The zero-order chi connectivity index (χ0) is 23.7. The van der Waals surface area contributed by atoms with E-state index in [4.69, 9.17) is 14.2 Å². The summed E-state index contributed by atoms with van der Waals surface area (Å²) in [7, 11) is 0. The van der Waals surface area contributed by atoms with E-state index < -0.39 is 46.8 Å². The maximum absolute atomic E-state index is 13.1. The Labute approximate surface area is 181 Å². The molecule has 0 saturated carbocycles. The van der Waals surface area contributed by atoms with E-state index in [0.717, 1.165) is 5.57 Å². The van der Waals surface area contributed by atoms with Crippen LogP contribution in [0.3, 0.4) is 0 Å². The van der Waals surface area contributed by atoms with Crippen molar-refractivity contribution in [1.29, 1.82) is 0 Å². The second-order valence-corrected chi connectivity index (χ2v) is 11.0. The lowest BCUT2D eigenvalue weighted by Gasteiger charge is -2.31. The van der Waals surface area contributed by atoms with E-state index in [9.17, 15) is 14.4 Å². The van der Waals surface area contributed by atoms with Gasteiger partial charge in [-0.3, -0.25) is 9.69 Å². The lowest BCUT2D eigenvalue weighted by atomic mass is 9.83. The highest BCUT2D eigenvalue weighted by Gasteiger charge is 2.51. The molecule has 7 nitrogen and oxygen atoms in total. The highest BCUT2D eigenvalue weighted by atomic mass is 16.6. The van der Waals surface area contributed by atoms with Crippen molar-refractivity contribution in [3.8, 4) is 0 Å². The van der Waals surface area contributed by atoms with Crippen LogP contribution in [-0.2, 0) is 23.8 Å². The third-order valence-corrected chi connectivity index (χ3v) is 4.38. The van der Waals surface area contributed by atoms with Gasteiger partial charge in [0, 0.05) is 18.4 Å². The van der Waals surface area contributed by atoms with Crippen LogP contribution in [0.15, 0.2) is 12.2 Å². The van der Waals surface area contributed by atoms with Gasteiger partial charge in [-0.2, -0.15) is 0 Å². The number of likely N-dealkylation sites (tertiary alicyclic amines) is 1. The summed E-state index contributed by atoms with van der Waals surface area (Å²) in [5.41, 5.74) is -1.34. The Balaban J connectivity index is 3.31. The van der Waals surface area contributed by atoms with Crippen molar-refractivity contribution in [3.05, 3.63) is 12.2 Å². The summed E-state index contributed by atoms with van der Waals surface area (Å²) in [5, 5.41) is 0. The van der Waals surface area contributed by atoms with Crippen LogP contribution in [0.2, 0.25) is 0 Å². The first-order valence-electron chi connectivity index (χ1n) is 10.4. The van der Waals surface area contributed by atoms with Gasteiger partial charge in [-0.05, 0) is 69.2 Å². The number of nitrogens with zero attached hydrogens (tertiary/aromatic N) is 1. The minimum absolute atomic E-state index is 0.0298. The number of carbonyl (C=O) groups is 3. The van der Waals surface area contributed by atoms with Crippen LogP contribution < -0.4 is 0 Å². The minimum atomic E-state index is -0.965. The molecule has 0 aliphatic carbocycles. The molecule has 0 spiro atoms. The lowest BCUT2D eigenvalue weighted by Crippen LogP contribution is -2.48. The highest BCUT2D eigenvalue weighted by molar-refractivity contribution is 5.84. The summed E-state index contributed by atoms with van der Waals surface area (Å²) in [6.45, 7) is 22.0. The molecule has 0 aromatic heterocycles. The molecule has 30 heavy (non-hydrogen) atoms. The molecule has 1 heterocycles. The molecule has 1 saturated heterocycles. The number of esters is 2. The Hall–Kier alpha value is -2.05. The predicted molar refractivity (Wildman–Crippen MR) is 115 cm³/mol. The standard InChI is InChI=1S/C23H39NO6/c1-14(2)16-13-24(20(27)30-23(9,10)11)18(19(26)29-22(6,7)8)15(16)12-17(25)28-21(3,4)5/h15-16,18H,1,12-13H2,2-11H3/t15-,16+,18-/m0/s1. The SMILES string of the molecule is C=C(C)[C@H]1CN(C(=O)OC(C)(C)C)[C@H](C(=O)OC(C)(C)C)[C@H]1CC(=O)OC(C)(C)C. The summed E-state index contributed by atoms with van der Waals surface area (Å²) in [6.07, 6.45) is -0.644. The molecular formula is C23H39NO6. The molecule has 0 bridgehead atoms. The first kappa shape index (κ1) is 26.0. The number of rotatable bonds is 4. The van der Waals surface area contributed by atoms with Gasteiger partial charge < -0.3 is 14.2 Å². The van der Waals surface area contributed by atoms with Crippen molar-refractivity contribution in [2.45, 2.75) is 98.5 Å². The third kappa shape index (κ3) is 8.00. The second kappa shape index (κ2) is 8.98. The Kier molecular flexibility index (Phi) is 7.78. The van der Waals surface area contributed by atoms with Crippen LogP contribution in [0.4, 0.5) is 4.79 Å². The normalized spacial score (nSPS) is 22.5. The van der Waals surface area contributed by atoms with E-state index in [2.05, 4.69) is 6.58 Å². The van der Waals surface area contributed by atoms with Crippen LogP contribution >= 0.6 is 0 Å². The number of ether oxygens (including phenoxy) is 3. The topological polar surface area (TPSA) is 82.1 Å². The largest absolute Gasteiger partial charge is 0.460 e. The van der Waals surface area contributed by atoms with Crippen molar-refractivity contribution in [3.63, 3.8) is 0 Å². The van der Waals surface area contributed by atoms with E-state index in [1.165, 1.54) is 4.90 Å². The maximum Gasteiger partial charge on any atom is 0.411 e. The molecule has 0 unspecified atom stereocenters. The van der Waals surface area contributed by atoms with Crippen molar-refractivity contribution >= 4 is 18.0 Å². The van der Waals surface area contributed by atoms with E-state index in [0.29, 0.717) is 0 Å². The van der Waals surface area contributed by atoms with Gasteiger partial charge in [-0.25, -0.2) is 9.59 Å². The zero-order valence-corrected chi connectivity index (χ0v) is 20.3. The Morgan fingerprint density at radius 3 is 1.73 bits per heavy atom. The molecule has 0 aromatic rings. The molecule has 0 N–H and O–H groups in total. The average molecular weight is 426 g/mol. The minimum Gasteiger partial charge on any atom is -0.460 e. The number of hydrogen-bond donors (Lipinski definition) is 0. The zero-order valence-electron chi connectivity index (χ0n) is 20.3. The van der Waals surface area contributed by atoms with Crippen LogP contribution in [-0.4, -0.2) is 52.3 Å². The molecule has 0 radical (unpaired) electrons. The number of amides is 1. The van der Waals surface area contributed by atoms with Crippen molar-refractivity contribution in [2.24, 2.45) is 11.8 Å². The van der Waals surface area contributed by atoms with E-state index in [-0.39, 0.29) is 18.9 Å². The molecule has 1 rings (SSSR count). The third-order valence-electron chi connectivity index (χ3n) is 4.38. The quantitative estimate of drug-likeness (QED) is 0.375. The fourth-order valence-corrected chi connectivity index (χ4v) is 3.44. The van der Waals surface area contributed by atoms with Gasteiger partial charge in [0.2, 0.25) is 0 Å². The van der Waals surface area contributed by atoms with E-state index >= 15 is 0 Å². The summed E-state index contributed by atoms with van der Waals surface area (Å²) >= 11 is 0. The fourth-order valence-electron chi connectivity index (χ4n) is 3.44. The van der Waals surface area contributed by atoms with Crippen molar-refractivity contribution in [1.82, 2.24) is 4.90 Å². The second-order valence-electron chi connectivity index (χ2n) is 11.0. The maximum atomic E-state index is 13.1. The molecular weight excluding hydrogens is 386 g/mol. The fraction of sp³-hybridized carbons (Fsp3) is 0.783. The molecule has 1 aliphatic rings. The van der Waals surface area contributed by atoms with Crippen LogP contribution in [0.1, 0.15) is 75.7 Å². The molecule has 3 atom stereocenters. The predicted octanol–water partition coefficient (Wildman–Crippen LogP) is 4.49. The van der Waals surface area contributed by atoms with Gasteiger partial charge in [-0.15, -0.1) is 0 Å². The molecule has 1 fully saturated rings. The van der Waals surface area contributed by atoms with Gasteiger partial charge in [-0.1, -0.05) is 12.2 Å². The molecule has 7 heteroatoms. The number of carbonyl (C=O) groups excluding carboxylic acids is 3. The summed E-state index contributed by atoms with van der Waals surface area (Å²) in [6, 6.07) is -0.965. The Morgan fingerprint density at radius 1 is 0.867 bits per heavy atom. The first-order valence-corrected chi connectivity index (χ1v) is 10.4. The summed E-state index contributed by atoms with van der Waals surface area (Å²) in [4.78, 5) is 40.0. The van der Waals surface area contributed by atoms with Crippen molar-refractivity contribution < 1.29 is 28.6 Å². The monoisotopic (exact) mass is 425 g/mol. The van der Waals surface area contributed by atoms with Gasteiger partial charge in [0.1, 0.15) is 22.8 Å². The van der Waals surface area contributed by atoms with Crippen LogP contribution in [0.5, 0.6) is 0 Å². The van der Waals surface area contributed by atoms with Crippen LogP contribution in [0, 0.1) is 11.8 Å². The van der Waals surface area contributed by atoms with Crippen LogP contribution in [0.25, 0.3) is 0 Å². The summed E-state index contributed by atoms with van der Waals surface area (Å²) in [5.74, 6) is -1.77. The molecule has 172 valence electrons. The lowest BCUT2D eigenvalue weighted by molar-refractivity contribution is -0.163.